The van der Waals surface area contributed by atoms with Gasteiger partial charge in [-0.05, 0) is 55.4 Å². The van der Waals surface area contributed by atoms with Crippen molar-refractivity contribution >= 4 is 0 Å². The monoisotopic (exact) mass is 289 g/mol. The first-order chi connectivity index (χ1) is 10.2. The first-order valence-corrected chi connectivity index (χ1v) is 6.94. The molecular formula is C17H20FNO2. The molecule has 2 rings (SSSR count). The van der Waals surface area contributed by atoms with Gasteiger partial charge in [0.25, 0.3) is 0 Å². The molecule has 0 aromatic heterocycles. The lowest BCUT2D eigenvalue weighted by Crippen LogP contribution is -2.10. The van der Waals surface area contributed by atoms with Crippen molar-refractivity contribution in [1.29, 1.82) is 0 Å². The van der Waals surface area contributed by atoms with Crippen LogP contribution in [-0.4, -0.2) is 20.3 Å². The van der Waals surface area contributed by atoms with Crippen LogP contribution >= 0.6 is 0 Å². The molecular weight excluding hydrogens is 269 g/mol. The van der Waals surface area contributed by atoms with Gasteiger partial charge in [0.15, 0.2) is 0 Å². The first kappa shape index (κ1) is 15.3. The molecule has 21 heavy (non-hydrogen) atoms. The second-order valence-electron chi connectivity index (χ2n) is 4.79. The number of rotatable bonds is 7. The summed E-state index contributed by atoms with van der Waals surface area (Å²) < 4.78 is 24.3. The summed E-state index contributed by atoms with van der Waals surface area (Å²) in [5.41, 5.74) is 1.75. The lowest BCUT2D eigenvalue weighted by molar-refractivity contribution is 0.217. The number of nitrogens with one attached hydrogen (secondary N) is 1. The molecule has 2 aromatic rings. The van der Waals surface area contributed by atoms with Crippen molar-refractivity contribution in [1.82, 2.24) is 5.32 Å². The number of ether oxygens (including phenoxy) is 2. The molecule has 2 aromatic carbocycles. The van der Waals surface area contributed by atoms with Crippen LogP contribution in [-0.2, 0) is 6.54 Å². The average Bonchev–Trinajstić information content (AvgIpc) is 2.48. The van der Waals surface area contributed by atoms with Crippen molar-refractivity contribution in [2.75, 3.05) is 20.3 Å². The van der Waals surface area contributed by atoms with Crippen molar-refractivity contribution in [3.05, 3.63) is 59.4 Å². The van der Waals surface area contributed by atoms with E-state index in [1.54, 1.807) is 19.1 Å². The maximum Gasteiger partial charge on any atom is 0.126 e. The lowest BCUT2D eigenvalue weighted by atomic mass is 10.2. The lowest BCUT2D eigenvalue weighted by Gasteiger charge is -2.10. The summed E-state index contributed by atoms with van der Waals surface area (Å²) in [6, 6.07) is 12.6. The van der Waals surface area contributed by atoms with Crippen LogP contribution in [0.3, 0.4) is 0 Å². The van der Waals surface area contributed by atoms with Gasteiger partial charge in [-0.3, -0.25) is 0 Å². The van der Waals surface area contributed by atoms with Crippen LogP contribution in [0, 0.1) is 12.7 Å². The molecule has 3 nitrogen and oxygen atoms in total. The van der Waals surface area contributed by atoms with Gasteiger partial charge in [-0.15, -0.1) is 0 Å². The predicted molar refractivity (Wildman–Crippen MR) is 81.3 cm³/mol. The number of benzene rings is 2. The molecule has 0 saturated carbocycles. The highest BCUT2D eigenvalue weighted by Gasteiger charge is 2.00. The standard InChI is InChI=1S/C17H20FNO2/c1-13-10-16(6-7-17(13)18)21-9-8-20-15-5-3-4-14(11-15)12-19-2/h3-7,10-11,19H,8-9,12H2,1-2H3. The Bertz CT molecular complexity index is 587. The van der Waals surface area contributed by atoms with Crippen LogP contribution in [0.4, 0.5) is 4.39 Å². The first-order valence-electron chi connectivity index (χ1n) is 6.94. The molecule has 0 bridgehead atoms. The molecule has 0 radical (unpaired) electrons. The third kappa shape index (κ3) is 4.76. The topological polar surface area (TPSA) is 30.5 Å². The van der Waals surface area contributed by atoms with E-state index in [2.05, 4.69) is 5.32 Å². The number of hydrogen-bond donors (Lipinski definition) is 1. The minimum Gasteiger partial charge on any atom is -0.490 e. The van der Waals surface area contributed by atoms with Crippen LogP contribution < -0.4 is 14.8 Å². The number of halogens is 1. The Morgan fingerprint density at radius 3 is 2.38 bits per heavy atom. The minimum absolute atomic E-state index is 0.222. The SMILES string of the molecule is CNCc1cccc(OCCOc2ccc(F)c(C)c2)c1. The Hall–Kier alpha value is -2.07. The Kier molecular flexibility index (Phi) is 5.58. The van der Waals surface area contributed by atoms with E-state index in [4.69, 9.17) is 9.47 Å². The average molecular weight is 289 g/mol. The highest BCUT2D eigenvalue weighted by Crippen LogP contribution is 2.16. The number of hydrogen-bond acceptors (Lipinski definition) is 3. The molecule has 0 aliphatic carbocycles. The van der Waals surface area contributed by atoms with Crippen molar-refractivity contribution in [3.8, 4) is 11.5 Å². The van der Waals surface area contributed by atoms with Gasteiger partial charge in [-0.1, -0.05) is 12.1 Å². The molecule has 0 saturated heterocycles. The molecule has 0 unspecified atom stereocenters. The van der Waals surface area contributed by atoms with Crippen molar-refractivity contribution in [2.24, 2.45) is 0 Å². The van der Waals surface area contributed by atoms with E-state index < -0.39 is 0 Å². The van der Waals surface area contributed by atoms with Gasteiger partial charge >= 0.3 is 0 Å². The molecule has 0 aliphatic rings. The third-order valence-corrected chi connectivity index (χ3v) is 3.03. The molecule has 0 aliphatic heterocycles. The maximum atomic E-state index is 13.1. The second kappa shape index (κ2) is 7.64. The van der Waals surface area contributed by atoms with E-state index in [1.165, 1.54) is 11.6 Å². The van der Waals surface area contributed by atoms with Crippen LogP contribution in [0.5, 0.6) is 11.5 Å². The van der Waals surface area contributed by atoms with Gasteiger partial charge in [-0.25, -0.2) is 4.39 Å². The molecule has 0 spiro atoms. The predicted octanol–water partition coefficient (Wildman–Crippen LogP) is 3.31. The molecule has 0 amide bonds. The summed E-state index contributed by atoms with van der Waals surface area (Å²) in [6.07, 6.45) is 0. The zero-order valence-corrected chi connectivity index (χ0v) is 12.4. The summed E-state index contributed by atoms with van der Waals surface area (Å²) in [6.45, 7) is 3.38. The van der Waals surface area contributed by atoms with E-state index in [0.29, 0.717) is 24.5 Å². The normalized spacial score (nSPS) is 10.4. The van der Waals surface area contributed by atoms with Crippen LogP contribution in [0.15, 0.2) is 42.5 Å². The molecule has 0 fully saturated rings. The molecule has 112 valence electrons. The largest absolute Gasteiger partial charge is 0.490 e. The quantitative estimate of drug-likeness (QED) is 0.793. The number of aryl methyl sites for hydroxylation is 1. The van der Waals surface area contributed by atoms with E-state index in [0.717, 1.165) is 12.3 Å². The zero-order chi connectivity index (χ0) is 15.1. The van der Waals surface area contributed by atoms with Crippen molar-refractivity contribution < 1.29 is 13.9 Å². The smallest absolute Gasteiger partial charge is 0.126 e. The van der Waals surface area contributed by atoms with Gasteiger partial charge in [0.1, 0.15) is 30.5 Å². The summed E-state index contributed by atoms with van der Waals surface area (Å²) in [4.78, 5) is 0. The minimum atomic E-state index is -0.222. The molecule has 0 heterocycles. The Balaban J connectivity index is 1.79. The van der Waals surface area contributed by atoms with Crippen molar-refractivity contribution in [2.45, 2.75) is 13.5 Å². The molecule has 1 N–H and O–H groups in total. The van der Waals surface area contributed by atoms with Crippen LogP contribution in [0.2, 0.25) is 0 Å². The highest BCUT2D eigenvalue weighted by atomic mass is 19.1. The third-order valence-electron chi connectivity index (χ3n) is 3.03. The van der Waals surface area contributed by atoms with Gasteiger partial charge in [0.2, 0.25) is 0 Å². The fourth-order valence-electron chi connectivity index (χ4n) is 1.98. The second-order valence-corrected chi connectivity index (χ2v) is 4.79. The van der Waals surface area contributed by atoms with E-state index in [-0.39, 0.29) is 5.82 Å². The van der Waals surface area contributed by atoms with Crippen LogP contribution in [0.25, 0.3) is 0 Å². The Labute approximate surface area is 124 Å². The maximum absolute atomic E-state index is 13.1. The summed E-state index contributed by atoms with van der Waals surface area (Å²) in [5, 5.41) is 3.10. The van der Waals surface area contributed by atoms with Crippen molar-refractivity contribution in [3.63, 3.8) is 0 Å². The van der Waals surface area contributed by atoms with E-state index >= 15 is 0 Å². The van der Waals surface area contributed by atoms with Gasteiger partial charge in [-0.2, -0.15) is 0 Å². The van der Waals surface area contributed by atoms with Gasteiger partial charge in [0, 0.05) is 6.54 Å². The van der Waals surface area contributed by atoms with E-state index in [9.17, 15) is 4.39 Å². The summed E-state index contributed by atoms with van der Waals surface area (Å²) in [7, 11) is 1.91. The van der Waals surface area contributed by atoms with Crippen LogP contribution in [0.1, 0.15) is 11.1 Å². The summed E-state index contributed by atoms with van der Waals surface area (Å²) in [5.74, 6) is 1.25. The molecule has 4 heteroatoms. The Morgan fingerprint density at radius 2 is 1.71 bits per heavy atom. The highest BCUT2D eigenvalue weighted by molar-refractivity contribution is 5.29. The fraction of sp³-hybridized carbons (Fsp3) is 0.294. The van der Waals surface area contributed by atoms with Gasteiger partial charge in [0.05, 0.1) is 0 Å². The summed E-state index contributed by atoms with van der Waals surface area (Å²) >= 11 is 0. The van der Waals surface area contributed by atoms with E-state index in [1.807, 2.05) is 31.3 Å². The van der Waals surface area contributed by atoms with Gasteiger partial charge < -0.3 is 14.8 Å². The molecule has 0 atom stereocenters. The Morgan fingerprint density at radius 1 is 1.00 bits per heavy atom. The fourth-order valence-corrected chi connectivity index (χ4v) is 1.98. The zero-order valence-electron chi connectivity index (χ0n) is 12.4.